The zero-order valence-electron chi connectivity index (χ0n) is 9.53. The van der Waals surface area contributed by atoms with E-state index >= 15 is 0 Å². The minimum atomic E-state index is -3.88. The zero-order chi connectivity index (χ0) is 13.8. The van der Waals surface area contributed by atoms with E-state index in [4.69, 9.17) is 21.5 Å². The lowest BCUT2D eigenvalue weighted by Crippen LogP contribution is -2.14. The van der Waals surface area contributed by atoms with E-state index < -0.39 is 10.0 Å². The smallest absolute Gasteiger partial charge is 0.241 e. The van der Waals surface area contributed by atoms with Crippen molar-refractivity contribution in [2.45, 2.75) is 17.7 Å². The molecule has 0 unspecified atom stereocenters. The molecule has 0 aliphatic carbocycles. The van der Waals surface area contributed by atoms with Crippen molar-refractivity contribution in [1.29, 1.82) is 0 Å². The van der Waals surface area contributed by atoms with E-state index in [0.717, 1.165) is 12.8 Å². The fourth-order valence-corrected chi connectivity index (χ4v) is 3.08. The quantitative estimate of drug-likeness (QED) is 0.630. The molecular formula is C11H13BrClNO3S. The van der Waals surface area contributed by atoms with E-state index in [1.165, 1.54) is 6.07 Å². The Morgan fingerprint density at radius 3 is 2.72 bits per heavy atom. The van der Waals surface area contributed by atoms with Crippen molar-refractivity contribution in [2.75, 3.05) is 6.61 Å². The monoisotopic (exact) mass is 353 g/mol. The van der Waals surface area contributed by atoms with Crippen LogP contribution < -0.4 is 9.88 Å². The second kappa shape index (κ2) is 6.56. The third kappa shape index (κ3) is 4.28. The van der Waals surface area contributed by atoms with Gasteiger partial charge in [0.2, 0.25) is 10.0 Å². The standard InChI is InChI=1S/C11H13BrClNO3S/c1-2-3-4-5-17-11-9(13)6-8(12)7-10(11)18(14,15)16/h2,6-7H,1,3-5H2,(H2,14,15,16). The summed E-state index contributed by atoms with van der Waals surface area (Å²) in [6, 6.07) is 2.92. The van der Waals surface area contributed by atoms with E-state index in [0.29, 0.717) is 11.1 Å². The van der Waals surface area contributed by atoms with Gasteiger partial charge in [0.15, 0.2) is 5.75 Å². The highest BCUT2D eigenvalue weighted by Crippen LogP contribution is 2.35. The Kier molecular flexibility index (Phi) is 5.65. The maximum atomic E-state index is 11.4. The van der Waals surface area contributed by atoms with Gasteiger partial charge in [0.25, 0.3) is 0 Å². The first-order chi connectivity index (χ1) is 8.36. The summed E-state index contributed by atoms with van der Waals surface area (Å²) in [7, 11) is -3.88. The molecule has 100 valence electrons. The Labute approximate surface area is 120 Å². The minimum absolute atomic E-state index is 0.0893. The van der Waals surface area contributed by atoms with Crippen LogP contribution in [-0.4, -0.2) is 15.0 Å². The Bertz CT molecular complexity index is 545. The van der Waals surface area contributed by atoms with Gasteiger partial charge in [-0.3, -0.25) is 0 Å². The molecule has 0 saturated carbocycles. The summed E-state index contributed by atoms with van der Waals surface area (Å²) in [5.74, 6) is 0.0893. The molecule has 0 spiro atoms. The molecular weight excluding hydrogens is 342 g/mol. The van der Waals surface area contributed by atoms with Gasteiger partial charge < -0.3 is 4.74 Å². The predicted octanol–water partition coefficient (Wildman–Crippen LogP) is 3.09. The van der Waals surface area contributed by atoms with Crippen molar-refractivity contribution in [1.82, 2.24) is 0 Å². The average molecular weight is 355 g/mol. The highest BCUT2D eigenvalue weighted by Gasteiger charge is 2.19. The molecule has 0 radical (unpaired) electrons. The number of halogens is 2. The summed E-state index contributed by atoms with van der Waals surface area (Å²) in [6.07, 6.45) is 3.26. The van der Waals surface area contributed by atoms with Gasteiger partial charge in [-0.1, -0.05) is 33.6 Å². The van der Waals surface area contributed by atoms with Gasteiger partial charge in [-0.15, -0.1) is 6.58 Å². The number of hydrogen-bond donors (Lipinski definition) is 1. The van der Waals surface area contributed by atoms with Crippen molar-refractivity contribution >= 4 is 37.6 Å². The minimum Gasteiger partial charge on any atom is -0.491 e. The number of nitrogens with two attached hydrogens (primary N) is 1. The van der Waals surface area contributed by atoms with Crippen molar-refractivity contribution in [3.8, 4) is 5.75 Å². The van der Waals surface area contributed by atoms with Crippen molar-refractivity contribution in [3.05, 3.63) is 34.3 Å². The highest BCUT2D eigenvalue weighted by atomic mass is 79.9. The molecule has 7 heteroatoms. The van der Waals surface area contributed by atoms with E-state index in [9.17, 15) is 8.42 Å². The number of hydrogen-bond acceptors (Lipinski definition) is 3. The van der Waals surface area contributed by atoms with Crippen LogP contribution in [0.2, 0.25) is 5.02 Å². The largest absolute Gasteiger partial charge is 0.491 e. The van der Waals surface area contributed by atoms with Gasteiger partial charge in [0.05, 0.1) is 11.6 Å². The van der Waals surface area contributed by atoms with Crippen LogP contribution in [0.5, 0.6) is 5.75 Å². The lowest BCUT2D eigenvalue weighted by molar-refractivity contribution is 0.304. The molecule has 18 heavy (non-hydrogen) atoms. The third-order valence-electron chi connectivity index (χ3n) is 2.08. The number of unbranched alkanes of at least 4 members (excludes halogenated alkanes) is 1. The molecule has 0 aromatic heterocycles. The summed E-state index contributed by atoms with van der Waals surface area (Å²) in [5, 5.41) is 5.32. The molecule has 1 rings (SSSR count). The molecule has 1 aromatic carbocycles. The first-order valence-corrected chi connectivity index (χ1v) is 7.83. The number of rotatable bonds is 6. The van der Waals surface area contributed by atoms with Crippen LogP contribution in [0.3, 0.4) is 0 Å². The topological polar surface area (TPSA) is 69.4 Å². The first kappa shape index (κ1) is 15.5. The number of primary sulfonamides is 1. The van der Waals surface area contributed by atoms with Crippen LogP contribution in [0.25, 0.3) is 0 Å². The first-order valence-electron chi connectivity index (χ1n) is 5.12. The fraction of sp³-hybridized carbons (Fsp3) is 0.273. The lowest BCUT2D eigenvalue weighted by Gasteiger charge is -2.12. The molecule has 0 aliphatic heterocycles. The molecule has 4 nitrogen and oxygen atoms in total. The van der Waals surface area contributed by atoms with Crippen LogP contribution in [0, 0.1) is 0 Å². The molecule has 0 aliphatic rings. The molecule has 1 aromatic rings. The normalized spacial score (nSPS) is 11.3. The number of ether oxygens (including phenoxy) is 1. The lowest BCUT2D eigenvalue weighted by atomic mass is 10.3. The van der Waals surface area contributed by atoms with E-state index in [2.05, 4.69) is 22.5 Å². The van der Waals surface area contributed by atoms with Gasteiger partial charge >= 0.3 is 0 Å². The maximum absolute atomic E-state index is 11.4. The molecule has 0 fully saturated rings. The van der Waals surface area contributed by atoms with Crippen LogP contribution in [0.15, 0.2) is 34.2 Å². The highest BCUT2D eigenvalue weighted by molar-refractivity contribution is 9.10. The molecule has 2 N–H and O–H groups in total. The van der Waals surface area contributed by atoms with Crippen LogP contribution in [-0.2, 0) is 10.0 Å². The Hall–Kier alpha value is -0.560. The Balaban J connectivity index is 3.05. The number of allylic oxidation sites excluding steroid dienone is 1. The van der Waals surface area contributed by atoms with Crippen molar-refractivity contribution in [2.24, 2.45) is 5.14 Å². The summed E-state index contributed by atoms with van der Waals surface area (Å²) in [6.45, 7) is 3.93. The summed E-state index contributed by atoms with van der Waals surface area (Å²) < 4.78 is 28.8. The van der Waals surface area contributed by atoms with Crippen molar-refractivity contribution < 1.29 is 13.2 Å². The SMILES string of the molecule is C=CCCCOc1c(Cl)cc(Br)cc1S(N)(=O)=O. The van der Waals surface area contributed by atoms with E-state index in [1.54, 1.807) is 12.1 Å². The maximum Gasteiger partial charge on any atom is 0.241 e. The van der Waals surface area contributed by atoms with Crippen LogP contribution in [0.1, 0.15) is 12.8 Å². The average Bonchev–Trinajstić information content (AvgIpc) is 2.24. The number of benzene rings is 1. The van der Waals surface area contributed by atoms with Gasteiger partial charge in [0, 0.05) is 4.47 Å². The van der Waals surface area contributed by atoms with Crippen LogP contribution in [0.4, 0.5) is 0 Å². The van der Waals surface area contributed by atoms with E-state index in [-0.39, 0.29) is 15.7 Å². The Morgan fingerprint density at radius 1 is 1.50 bits per heavy atom. The fourth-order valence-electron chi connectivity index (χ4n) is 1.29. The molecule has 0 amide bonds. The molecule has 0 atom stereocenters. The molecule has 0 bridgehead atoms. The Morgan fingerprint density at radius 2 is 2.17 bits per heavy atom. The van der Waals surface area contributed by atoms with Gasteiger partial charge in [-0.2, -0.15) is 0 Å². The second-order valence-electron chi connectivity index (χ2n) is 3.54. The van der Waals surface area contributed by atoms with Gasteiger partial charge in [0.1, 0.15) is 4.90 Å². The number of sulfonamides is 1. The van der Waals surface area contributed by atoms with Gasteiger partial charge in [-0.05, 0) is 25.0 Å². The molecule has 0 saturated heterocycles. The summed E-state index contributed by atoms with van der Waals surface area (Å²) >= 11 is 9.12. The zero-order valence-corrected chi connectivity index (χ0v) is 12.7. The van der Waals surface area contributed by atoms with E-state index in [1.807, 2.05) is 0 Å². The van der Waals surface area contributed by atoms with Crippen molar-refractivity contribution in [3.63, 3.8) is 0 Å². The summed E-state index contributed by atoms with van der Waals surface area (Å²) in [4.78, 5) is -0.125. The summed E-state index contributed by atoms with van der Waals surface area (Å²) in [5.41, 5.74) is 0. The van der Waals surface area contributed by atoms with Crippen LogP contribution >= 0.6 is 27.5 Å². The molecule has 0 heterocycles. The second-order valence-corrected chi connectivity index (χ2v) is 6.39. The predicted molar refractivity (Wildman–Crippen MR) is 75.5 cm³/mol. The van der Waals surface area contributed by atoms with Gasteiger partial charge in [-0.25, -0.2) is 13.6 Å². The third-order valence-corrected chi connectivity index (χ3v) is 3.73.